The molecule has 14 rings (SSSR count). The molecule has 0 aliphatic carbocycles. The minimum absolute atomic E-state index is 0.0101. The van der Waals surface area contributed by atoms with E-state index in [0.717, 1.165) is 28.4 Å². The normalized spacial score (nSPS) is 13.2. The van der Waals surface area contributed by atoms with Crippen molar-refractivity contribution in [3.8, 4) is 22.3 Å². The maximum Gasteiger partial charge on any atom is 0.264 e. The first-order valence-corrected chi connectivity index (χ1v) is 30.3. The summed E-state index contributed by atoms with van der Waals surface area (Å²) in [6.07, 6.45) is 0. The molecule has 2 aliphatic rings. The molecule has 0 bridgehead atoms. The van der Waals surface area contributed by atoms with Crippen LogP contribution < -0.4 is 30.4 Å². The molecule has 2 aliphatic heterocycles. The first kappa shape index (κ1) is 52.4. The van der Waals surface area contributed by atoms with Gasteiger partial charge in [0.1, 0.15) is 0 Å². The lowest BCUT2D eigenvalue weighted by atomic mass is 9.36. The maximum absolute atomic E-state index is 2.69. The zero-order valence-electron chi connectivity index (χ0n) is 49.7. The number of rotatable bonds is 7. The van der Waals surface area contributed by atoms with Gasteiger partial charge in [0.05, 0.1) is 5.69 Å². The summed E-state index contributed by atoms with van der Waals surface area (Å²) in [5, 5.41) is 6.27. The van der Waals surface area contributed by atoms with Gasteiger partial charge in [0.2, 0.25) is 0 Å². The number of anilines is 9. The Morgan fingerprint density at radius 1 is 0.373 bits per heavy atom. The van der Waals surface area contributed by atoms with Crippen LogP contribution in [0.15, 0.2) is 224 Å². The molecule has 0 fully saturated rings. The maximum atomic E-state index is 2.69. The molecule has 0 atom stereocenters. The molecule has 0 saturated heterocycles. The first-order valence-electron chi connectivity index (χ1n) is 29.5. The van der Waals surface area contributed by atoms with Crippen LogP contribution in [0, 0.1) is 13.8 Å². The largest absolute Gasteiger partial charge is 0.311 e. The van der Waals surface area contributed by atoms with Crippen molar-refractivity contribution in [1.29, 1.82) is 0 Å². The van der Waals surface area contributed by atoms with Crippen molar-refractivity contribution >= 4 is 117 Å². The molecule has 3 nitrogen and oxygen atoms in total. The number of hydrogen-bond donors (Lipinski definition) is 0. The predicted octanol–water partition coefficient (Wildman–Crippen LogP) is 20.6. The van der Waals surface area contributed by atoms with Crippen LogP contribution in [0.25, 0.3) is 53.9 Å². The molecule has 12 aromatic rings. The van der Waals surface area contributed by atoms with Crippen LogP contribution in [0.3, 0.4) is 0 Å². The fraction of sp³-hybridized carbons (Fsp3) is 0.179. The van der Waals surface area contributed by atoms with E-state index in [4.69, 9.17) is 0 Å². The molecule has 0 amide bonds. The lowest BCUT2D eigenvalue weighted by Gasteiger charge is -2.44. The molecule has 5 heteroatoms. The monoisotopic (exact) mass is 1090 g/mol. The molecule has 406 valence electrons. The molecule has 0 unspecified atom stereocenters. The summed E-state index contributed by atoms with van der Waals surface area (Å²) in [6.45, 7) is 25.4. The molecule has 1 aromatic heterocycles. The van der Waals surface area contributed by atoms with Crippen LogP contribution in [-0.4, -0.2) is 6.71 Å². The van der Waals surface area contributed by atoms with E-state index in [-0.39, 0.29) is 23.0 Å². The lowest BCUT2D eigenvalue weighted by Crippen LogP contribution is -2.60. The summed E-state index contributed by atoms with van der Waals surface area (Å²) < 4.78 is 2.66. The highest BCUT2D eigenvalue weighted by atomic mass is 32.1. The van der Waals surface area contributed by atoms with E-state index in [1.807, 2.05) is 11.3 Å². The van der Waals surface area contributed by atoms with Crippen molar-refractivity contribution in [2.45, 2.75) is 92.4 Å². The summed E-state index contributed by atoms with van der Waals surface area (Å²) in [7, 11) is 0. The lowest BCUT2D eigenvalue weighted by molar-refractivity contribution is 0.590. The van der Waals surface area contributed by atoms with Gasteiger partial charge in [0.15, 0.2) is 0 Å². The standard InChI is InChI=1S/C78H70BN3S/c1-49-26-33-56(34-27-49)80(57-35-28-50(2)29-36-57)60-40-42-66-67(48-60)81(58-37-30-53(31-38-58)76(3,4)5)68-45-55(78(9,10)11)46-69-73(68)79(66)75-74(65-44-54(77(6,7)8)32-43-70(65)83-75)82(69)59-39-41-63-64(47-59)72(52-22-16-13-17-23-52)62-25-19-18-24-61(62)71(63)51-20-14-12-15-21-51/h12-48H,1-11H3. The number of benzene rings is 11. The number of thiophene rings is 1. The van der Waals surface area contributed by atoms with Gasteiger partial charge in [0.25, 0.3) is 6.71 Å². The molecule has 11 aromatic carbocycles. The molecule has 0 spiro atoms. The molecule has 0 radical (unpaired) electrons. The second-order valence-electron chi connectivity index (χ2n) is 26.4. The number of fused-ring (bicyclic) bond motifs is 8. The summed E-state index contributed by atoms with van der Waals surface area (Å²) in [4.78, 5) is 7.73. The quantitative estimate of drug-likeness (QED) is 0.116. The smallest absolute Gasteiger partial charge is 0.264 e. The van der Waals surface area contributed by atoms with Crippen LogP contribution in [0.1, 0.15) is 90.1 Å². The molecule has 83 heavy (non-hydrogen) atoms. The van der Waals surface area contributed by atoms with E-state index in [2.05, 4.69) is 315 Å². The van der Waals surface area contributed by atoms with Crippen molar-refractivity contribution in [1.82, 2.24) is 0 Å². The highest BCUT2D eigenvalue weighted by molar-refractivity contribution is 7.33. The molecule has 0 N–H and O–H groups in total. The van der Waals surface area contributed by atoms with Gasteiger partial charge in [-0.25, -0.2) is 0 Å². The Bertz CT molecular complexity index is 4450. The highest BCUT2D eigenvalue weighted by Crippen LogP contribution is 2.53. The zero-order valence-corrected chi connectivity index (χ0v) is 50.5. The summed E-state index contributed by atoms with van der Waals surface area (Å²) in [6, 6.07) is 85.7. The molecular weight excluding hydrogens is 1020 g/mol. The van der Waals surface area contributed by atoms with Crippen molar-refractivity contribution in [3.63, 3.8) is 0 Å². The van der Waals surface area contributed by atoms with Crippen molar-refractivity contribution in [2.75, 3.05) is 14.7 Å². The van der Waals surface area contributed by atoms with Crippen molar-refractivity contribution in [3.05, 3.63) is 252 Å². The highest BCUT2D eigenvalue weighted by Gasteiger charge is 2.46. The predicted molar refractivity (Wildman–Crippen MR) is 362 cm³/mol. The van der Waals surface area contributed by atoms with Crippen LogP contribution in [0.5, 0.6) is 0 Å². The first-order chi connectivity index (χ1) is 39.9. The Labute approximate surface area is 495 Å². The van der Waals surface area contributed by atoms with E-state index in [9.17, 15) is 0 Å². The van der Waals surface area contributed by atoms with E-state index >= 15 is 0 Å². The van der Waals surface area contributed by atoms with Gasteiger partial charge in [-0.15, -0.1) is 11.3 Å². The van der Waals surface area contributed by atoms with E-state index in [0.29, 0.717) is 0 Å². The second kappa shape index (κ2) is 19.5. The van der Waals surface area contributed by atoms with Crippen LogP contribution in [0.4, 0.5) is 51.2 Å². The van der Waals surface area contributed by atoms with Gasteiger partial charge in [-0.3, -0.25) is 0 Å². The number of hydrogen-bond acceptors (Lipinski definition) is 4. The number of aryl methyl sites for hydroxylation is 2. The minimum Gasteiger partial charge on any atom is -0.311 e. The minimum atomic E-state index is -0.200. The van der Waals surface area contributed by atoms with Gasteiger partial charge < -0.3 is 14.7 Å². The molecule has 3 heterocycles. The van der Waals surface area contributed by atoms with Gasteiger partial charge in [-0.05, 0) is 186 Å². The van der Waals surface area contributed by atoms with Gasteiger partial charge in [-0.2, -0.15) is 0 Å². The third-order valence-electron chi connectivity index (χ3n) is 17.6. The van der Waals surface area contributed by atoms with Gasteiger partial charge in [-0.1, -0.05) is 213 Å². The van der Waals surface area contributed by atoms with Gasteiger partial charge >= 0.3 is 0 Å². The Kier molecular flexibility index (Phi) is 12.3. The topological polar surface area (TPSA) is 9.72 Å². The van der Waals surface area contributed by atoms with Crippen molar-refractivity contribution < 1.29 is 0 Å². The van der Waals surface area contributed by atoms with E-state index < -0.39 is 0 Å². The Morgan fingerprint density at radius 2 is 0.867 bits per heavy atom. The third kappa shape index (κ3) is 8.86. The average Bonchev–Trinajstić information content (AvgIpc) is 1.79. The average molecular weight is 1090 g/mol. The summed E-state index contributed by atoms with van der Waals surface area (Å²) in [5.41, 5.74) is 24.2. The number of nitrogens with zero attached hydrogens (tertiary/aromatic N) is 3. The van der Waals surface area contributed by atoms with E-state index in [1.165, 1.54) is 120 Å². The SMILES string of the molecule is Cc1ccc(N(c2ccc(C)cc2)c2ccc3c(c2)N(c2ccc(C(C)(C)C)cc2)c2cc(C(C)(C)C)cc4c2B3c2sc3ccc(C(C)(C)C)cc3c2N4c2ccc3c(-c4ccccc4)c4ccccc4c(-c4ccccc4)c3c2)cc1. The third-order valence-corrected chi connectivity index (χ3v) is 18.8. The van der Waals surface area contributed by atoms with Gasteiger partial charge in [0, 0.05) is 60.4 Å². The fourth-order valence-corrected chi connectivity index (χ4v) is 14.4. The van der Waals surface area contributed by atoms with Crippen LogP contribution >= 0.6 is 11.3 Å². The fourth-order valence-electron chi connectivity index (χ4n) is 13.1. The van der Waals surface area contributed by atoms with Crippen LogP contribution in [0.2, 0.25) is 0 Å². The van der Waals surface area contributed by atoms with E-state index in [1.54, 1.807) is 0 Å². The Balaban J connectivity index is 1.10. The van der Waals surface area contributed by atoms with Crippen LogP contribution in [-0.2, 0) is 16.2 Å². The Hall–Kier alpha value is -8.64. The Morgan fingerprint density at radius 3 is 1.43 bits per heavy atom. The summed E-state index contributed by atoms with van der Waals surface area (Å²) in [5.74, 6) is 0. The molecular formula is C78H70BN3S. The van der Waals surface area contributed by atoms with Crippen molar-refractivity contribution in [2.24, 2.45) is 0 Å². The second-order valence-corrected chi connectivity index (χ2v) is 27.4. The molecule has 0 saturated carbocycles. The summed E-state index contributed by atoms with van der Waals surface area (Å²) >= 11 is 1.97. The zero-order chi connectivity index (χ0) is 57.3.